The zero-order valence-corrected chi connectivity index (χ0v) is 14.8. The maximum atomic E-state index is 12.7. The molecule has 0 fully saturated rings. The topological polar surface area (TPSA) is 71.0 Å². The number of H-pyrrole nitrogens is 1. The largest absolute Gasteiger partial charge is 0.357 e. The number of aromatic nitrogens is 3. The number of fused-ring (bicyclic) bond motifs is 4. The second-order valence-corrected chi connectivity index (χ2v) is 7.40. The summed E-state index contributed by atoms with van der Waals surface area (Å²) < 4.78 is 1.40. The summed E-state index contributed by atoms with van der Waals surface area (Å²) in [5, 5.41) is 3.65. The standard InChI is InChI=1S/C19H16N4O2S/c24-17(10-23-11-20-18-14(19(23)25)6-8-26-18)22-7-5-13-12-3-1-2-4-15(12)21-16(13)9-22/h1-4,6,8,11,21H,5,7,9-10H2. The molecule has 1 aliphatic rings. The van der Waals surface area contributed by atoms with Gasteiger partial charge in [0.1, 0.15) is 11.4 Å². The van der Waals surface area contributed by atoms with Crippen molar-refractivity contribution in [2.24, 2.45) is 0 Å². The van der Waals surface area contributed by atoms with E-state index in [-0.39, 0.29) is 18.0 Å². The van der Waals surface area contributed by atoms with Crippen molar-refractivity contribution in [1.29, 1.82) is 0 Å². The number of amides is 1. The van der Waals surface area contributed by atoms with Crippen molar-refractivity contribution in [1.82, 2.24) is 19.4 Å². The molecule has 3 aromatic heterocycles. The van der Waals surface area contributed by atoms with Gasteiger partial charge in [0.05, 0.1) is 18.3 Å². The maximum Gasteiger partial charge on any atom is 0.262 e. The number of hydrogen-bond acceptors (Lipinski definition) is 4. The summed E-state index contributed by atoms with van der Waals surface area (Å²) in [6.45, 7) is 1.23. The Morgan fingerprint density at radius 2 is 2.12 bits per heavy atom. The normalized spacial score (nSPS) is 14.1. The summed E-state index contributed by atoms with van der Waals surface area (Å²) in [6, 6.07) is 9.97. The molecule has 26 heavy (non-hydrogen) atoms. The number of thiophene rings is 1. The molecule has 0 radical (unpaired) electrons. The molecule has 1 aliphatic heterocycles. The van der Waals surface area contributed by atoms with Crippen LogP contribution in [0.4, 0.5) is 0 Å². The number of aromatic amines is 1. The van der Waals surface area contributed by atoms with E-state index in [4.69, 9.17) is 0 Å². The molecule has 7 heteroatoms. The van der Waals surface area contributed by atoms with Gasteiger partial charge in [-0.25, -0.2) is 4.98 Å². The molecule has 0 aliphatic carbocycles. The Morgan fingerprint density at radius 1 is 1.23 bits per heavy atom. The van der Waals surface area contributed by atoms with Crippen molar-refractivity contribution in [3.05, 3.63) is 63.7 Å². The van der Waals surface area contributed by atoms with Crippen LogP contribution in [0.15, 0.2) is 46.8 Å². The van der Waals surface area contributed by atoms with Gasteiger partial charge in [0.25, 0.3) is 5.56 Å². The van der Waals surface area contributed by atoms with Gasteiger partial charge >= 0.3 is 0 Å². The molecule has 1 N–H and O–H groups in total. The third-order valence-electron chi connectivity index (χ3n) is 4.99. The number of carbonyl (C=O) groups is 1. The van der Waals surface area contributed by atoms with Crippen LogP contribution in [0, 0.1) is 0 Å². The van der Waals surface area contributed by atoms with E-state index in [0.717, 1.165) is 17.6 Å². The first-order valence-corrected chi connectivity index (χ1v) is 9.37. The van der Waals surface area contributed by atoms with Gasteiger partial charge in [0.15, 0.2) is 0 Å². The summed E-state index contributed by atoms with van der Waals surface area (Å²) in [5.74, 6) is -0.0622. The number of hydrogen-bond donors (Lipinski definition) is 1. The molecular weight excluding hydrogens is 348 g/mol. The highest BCUT2D eigenvalue weighted by atomic mass is 32.1. The van der Waals surface area contributed by atoms with Crippen molar-refractivity contribution in [3.63, 3.8) is 0 Å². The van der Waals surface area contributed by atoms with Crippen molar-refractivity contribution >= 4 is 38.4 Å². The lowest BCUT2D eigenvalue weighted by molar-refractivity contribution is -0.132. The molecule has 1 amide bonds. The number of nitrogens with one attached hydrogen (secondary N) is 1. The van der Waals surface area contributed by atoms with Crippen LogP contribution in [0.25, 0.3) is 21.1 Å². The maximum absolute atomic E-state index is 12.7. The minimum absolute atomic E-state index is 0.0210. The molecule has 0 saturated carbocycles. The molecule has 6 nitrogen and oxygen atoms in total. The van der Waals surface area contributed by atoms with Crippen LogP contribution < -0.4 is 5.56 Å². The summed E-state index contributed by atoms with van der Waals surface area (Å²) in [4.78, 5) is 35.4. The van der Waals surface area contributed by atoms with E-state index >= 15 is 0 Å². The summed E-state index contributed by atoms with van der Waals surface area (Å²) in [7, 11) is 0. The molecule has 5 rings (SSSR count). The van der Waals surface area contributed by atoms with Gasteiger partial charge in [-0.15, -0.1) is 11.3 Å². The molecule has 130 valence electrons. The summed E-state index contributed by atoms with van der Waals surface area (Å²) in [6.07, 6.45) is 2.29. The number of para-hydroxylation sites is 1. The second-order valence-electron chi connectivity index (χ2n) is 6.51. The Hall–Kier alpha value is -2.93. The number of rotatable bonds is 2. The molecule has 0 bridgehead atoms. The third-order valence-corrected chi connectivity index (χ3v) is 5.81. The van der Waals surface area contributed by atoms with Gasteiger partial charge in [-0.05, 0) is 29.5 Å². The molecular formula is C19H16N4O2S. The van der Waals surface area contributed by atoms with E-state index < -0.39 is 0 Å². The molecule has 4 heterocycles. The highest BCUT2D eigenvalue weighted by Gasteiger charge is 2.24. The fourth-order valence-corrected chi connectivity index (χ4v) is 4.38. The van der Waals surface area contributed by atoms with Gasteiger partial charge in [-0.3, -0.25) is 14.2 Å². The van der Waals surface area contributed by atoms with E-state index in [1.807, 2.05) is 22.4 Å². The van der Waals surface area contributed by atoms with Crippen molar-refractivity contribution in [2.45, 2.75) is 19.5 Å². The first kappa shape index (κ1) is 15.3. The van der Waals surface area contributed by atoms with Crippen molar-refractivity contribution in [2.75, 3.05) is 6.54 Å². The number of benzene rings is 1. The van der Waals surface area contributed by atoms with Gasteiger partial charge in [0.2, 0.25) is 5.91 Å². The second kappa shape index (κ2) is 5.81. The molecule has 4 aromatic rings. The van der Waals surface area contributed by atoms with Crippen LogP contribution in [-0.4, -0.2) is 31.9 Å². The minimum atomic E-state index is -0.159. The van der Waals surface area contributed by atoms with E-state index in [9.17, 15) is 9.59 Å². The van der Waals surface area contributed by atoms with E-state index in [2.05, 4.69) is 22.1 Å². The Morgan fingerprint density at radius 3 is 3.04 bits per heavy atom. The van der Waals surface area contributed by atoms with Crippen LogP contribution in [0.5, 0.6) is 0 Å². The quantitative estimate of drug-likeness (QED) is 0.594. The SMILES string of the molecule is O=C(Cn1cnc2sccc2c1=O)N1CCc2c([nH]c3ccccc23)C1. The zero-order chi connectivity index (χ0) is 17.7. The lowest BCUT2D eigenvalue weighted by Gasteiger charge is -2.27. The lowest BCUT2D eigenvalue weighted by Crippen LogP contribution is -2.39. The first-order chi connectivity index (χ1) is 12.7. The monoisotopic (exact) mass is 364 g/mol. The Kier molecular flexibility index (Phi) is 3.43. The first-order valence-electron chi connectivity index (χ1n) is 8.49. The number of nitrogens with zero attached hydrogens (tertiary/aromatic N) is 3. The van der Waals surface area contributed by atoms with Crippen LogP contribution in [0.3, 0.4) is 0 Å². The summed E-state index contributed by atoms with van der Waals surface area (Å²) in [5.41, 5.74) is 3.33. The molecule has 0 unspecified atom stereocenters. The Bertz CT molecular complexity index is 1200. The fraction of sp³-hybridized carbons (Fsp3) is 0.211. The average Bonchev–Trinajstić information content (AvgIpc) is 3.28. The highest BCUT2D eigenvalue weighted by molar-refractivity contribution is 7.16. The summed E-state index contributed by atoms with van der Waals surface area (Å²) >= 11 is 1.43. The average molecular weight is 364 g/mol. The van der Waals surface area contributed by atoms with Gasteiger partial charge in [0, 0.05) is 23.1 Å². The van der Waals surface area contributed by atoms with Crippen LogP contribution in [0.2, 0.25) is 0 Å². The van der Waals surface area contributed by atoms with Gasteiger partial charge < -0.3 is 9.88 Å². The van der Waals surface area contributed by atoms with Crippen LogP contribution in [-0.2, 0) is 24.3 Å². The van der Waals surface area contributed by atoms with E-state index in [1.165, 1.54) is 33.2 Å². The number of carbonyl (C=O) groups excluding carboxylic acids is 1. The molecule has 0 saturated heterocycles. The van der Waals surface area contributed by atoms with E-state index in [0.29, 0.717) is 23.3 Å². The predicted molar refractivity (Wildman–Crippen MR) is 101 cm³/mol. The zero-order valence-electron chi connectivity index (χ0n) is 13.9. The van der Waals surface area contributed by atoms with E-state index in [1.54, 1.807) is 6.07 Å². The van der Waals surface area contributed by atoms with Gasteiger partial charge in [-0.1, -0.05) is 18.2 Å². The predicted octanol–water partition coefficient (Wildman–Crippen LogP) is 2.52. The van der Waals surface area contributed by atoms with Crippen LogP contribution >= 0.6 is 11.3 Å². The Labute approximate surface area is 152 Å². The van der Waals surface area contributed by atoms with Crippen molar-refractivity contribution < 1.29 is 4.79 Å². The van der Waals surface area contributed by atoms with Crippen molar-refractivity contribution in [3.8, 4) is 0 Å². The lowest BCUT2D eigenvalue weighted by atomic mass is 10.0. The smallest absolute Gasteiger partial charge is 0.262 e. The minimum Gasteiger partial charge on any atom is -0.357 e. The van der Waals surface area contributed by atoms with Crippen LogP contribution in [0.1, 0.15) is 11.3 Å². The third kappa shape index (κ3) is 2.35. The fourth-order valence-electron chi connectivity index (χ4n) is 3.66. The highest BCUT2D eigenvalue weighted by Crippen LogP contribution is 2.27. The Balaban J connectivity index is 1.41. The molecule has 0 atom stereocenters. The molecule has 1 aromatic carbocycles. The van der Waals surface area contributed by atoms with Gasteiger partial charge in [-0.2, -0.15) is 0 Å². The molecule has 0 spiro atoms.